The van der Waals surface area contributed by atoms with Crippen LogP contribution in [0.25, 0.3) is 0 Å². The molecule has 0 atom stereocenters. The van der Waals surface area contributed by atoms with Crippen molar-refractivity contribution in [1.82, 2.24) is 4.98 Å². The fraction of sp³-hybridized carbons (Fsp3) is 0. The number of nitrogens with one attached hydrogen (secondary N) is 1. The summed E-state index contributed by atoms with van der Waals surface area (Å²) in [4.78, 5) is 3.55. The van der Waals surface area contributed by atoms with E-state index in [1.165, 1.54) is 0 Å². The van der Waals surface area contributed by atoms with Gasteiger partial charge in [0, 0.05) is 6.07 Å². The quantitative estimate of drug-likeness (QED) is 0.879. The minimum absolute atomic E-state index is 0.211. The first-order valence-corrected chi connectivity index (χ1v) is 5.57. The highest BCUT2D eigenvalue weighted by molar-refractivity contribution is 6.43. The van der Waals surface area contributed by atoms with Gasteiger partial charge in [-0.25, -0.2) is 13.8 Å². The molecule has 1 aromatic carbocycles. The van der Waals surface area contributed by atoms with Crippen LogP contribution in [-0.4, -0.2) is 4.98 Å². The second kappa shape index (κ2) is 4.96. The Hall–Kier alpha value is -1.59. The molecule has 0 aliphatic heterocycles. The molecule has 0 unspecified atom stereocenters. The molecular weight excluding hydrogens is 283 g/mol. The summed E-state index contributed by atoms with van der Waals surface area (Å²) in [5.41, 5.74) is 5.61. The molecule has 3 N–H and O–H groups in total. The van der Waals surface area contributed by atoms with E-state index in [1.54, 1.807) is 18.2 Å². The molecule has 0 aliphatic carbocycles. The maximum Gasteiger partial charge on any atom is 0.169 e. The second-order valence-corrected chi connectivity index (χ2v) is 4.20. The molecule has 0 fully saturated rings. The van der Waals surface area contributed by atoms with Gasteiger partial charge in [-0.1, -0.05) is 29.3 Å². The normalized spacial score (nSPS) is 10.4. The summed E-state index contributed by atoms with van der Waals surface area (Å²) >= 11 is 11.7. The Morgan fingerprint density at radius 2 is 1.89 bits per heavy atom. The fourth-order valence-corrected chi connectivity index (χ4v) is 1.64. The fourth-order valence-electron chi connectivity index (χ4n) is 1.30. The third-order valence-corrected chi connectivity index (χ3v) is 2.98. The van der Waals surface area contributed by atoms with Gasteiger partial charge >= 0.3 is 0 Å². The van der Waals surface area contributed by atoms with Crippen LogP contribution < -0.4 is 11.1 Å². The number of nitrogens with zero attached hydrogens (tertiary/aromatic N) is 1. The summed E-state index contributed by atoms with van der Waals surface area (Å²) in [5.74, 6) is -2.43. The number of nitrogen functional groups attached to an aromatic ring is 1. The molecule has 0 saturated heterocycles. The van der Waals surface area contributed by atoms with E-state index in [4.69, 9.17) is 28.9 Å². The molecule has 18 heavy (non-hydrogen) atoms. The van der Waals surface area contributed by atoms with Crippen LogP contribution in [0.15, 0.2) is 24.3 Å². The average molecular weight is 290 g/mol. The molecule has 0 saturated carbocycles. The van der Waals surface area contributed by atoms with Gasteiger partial charge in [0.15, 0.2) is 23.3 Å². The first kappa shape index (κ1) is 12.9. The minimum Gasteiger partial charge on any atom is -0.381 e. The number of hydrogen-bond donors (Lipinski definition) is 2. The maximum absolute atomic E-state index is 13.5. The van der Waals surface area contributed by atoms with Gasteiger partial charge in [0.05, 0.1) is 15.7 Å². The van der Waals surface area contributed by atoms with Crippen molar-refractivity contribution in [3.05, 3.63) is 45.9 Å². The lowest BCUT2D eigenvalue weighted by Crippen LogP contribution is -2.03. The molecule has 1 heterocycles. The zero-order valence-corrected chi connectivity index (χ0v) is 10.4. The topological polar surface area (TPSA) is 50.9 Å². The van der Waals surface area contributed by atoms with Gasteiger partial charge in [0.1, 0.15) is 0 Å². The van der Waals surface area contributed by atoms with E-state index >= 15 is 0 Å². The summed E-state index contributed by atoms with van der Waals surface area (Å²) < 4.78 is 26.4. The van der Waals surface area contributed by atoms with Crippen LogP contribution in [0.5, 0.6) is 0 Å². The van der Waals surface area contributed by atoms with Gasteiger partial charge in [-0.2, -0.15) is 0 Å². The molecule has 2 rings (SSSR count). The number of aromatic nitrogens is 1. The third-order valence-electron chi connectivity index (χ3n) is 2.16. The molecular formula is C11H7Cl2F2N3. The van der Waals surface area contributed by atoms with Crippen LogP contribution in [0.1, 0.15) is 0 Å². The number of halogens is 4. The van der Waals surface area contributed by atoms with Gasteiger partial charge in [-0.3, -0.25) is 0 Å². The van der Waals surface area contributed by atoms with Crippen LogP contribution in [0.2, 0.25) is 10.0 Å². The molecule has 0 aliphatic rings. The number of rotatable bonds is 2. The average Bonchev–Trinajstić information content (AvgIpc) is 2.32. The summed E-state index contributed by atoms with van der Waals surface area (Å²) in [6, 6.07) is 5.43. The molecule has 3 nitrogen and oxygen atoms in total. The van der Waals surface area contributed by atoms with Crippen molar-refractivity contribution in [2.45, 2.75) is 0 Å². The number of hydrogen-bond acceptors (Lipinski definition) is 3. The van der Waals surface area contributed by atoms with E-state index in [2.05, 4.69) is 10.3 Å². The third kappa shape index (κ3) is 2.47. The Kier molecular flexibility index (Phi) is 3.54. The van der Waals surface area contributed by atoms with Crippen molar-refractivity contribution in [3.8, 4) is 0 Å². The van der Waals surface area contributed by atoms with Crippen LogP contribution in [0.4, 0.5) is 26.1 Å². The standard InChI is InChI=1S/C11H7Cl2F2N3/c12-5-2-1-3-8(9(5)13)17-11-7(15)4-6(14)10(16)18-11/h1-4H,(H3,16,17,18). The van der Waals surface area contributed by atoms with Crippen LogP contribution >= 0.6 is 23.2 Å². The first-order valence-electron chi connectivity index (χ1n) is 4.81. The van der Waals surface area contributed by atoms with Crippen molar-refractivity contribution in [1.29, 1.82) is 0 Å². The summed E-state index contributed by atoms with van der Waals surface area (Å²) in [6.45, 7) is 0. The van der Waals surface area contributed by atoms with Crippen LogP contribution in [0.3, 0.4) is 0 Å². The lowest BCUT2D eigenvalue weighted by molar-refractivity contribution is 0.581. The highest BCUT2D eigenvalue weighted by Gasteiger charge is 2.12. The largest absolute Gasteiger partial charge is 0.381 e. The second-order valence-electron chi connectivity index (χ2n) is 3.41. The van der Waals surface area contributed by atoms with E-state index < -0.39 is 17.5 Å². The zero-order valence-electron chi connectivity index (χ0n) is 8.85. The number of pyridine rings is 1. The Labute approximate surface area is 112 Å². The number of nitrogens with two attached hydrogens (primary N) is 1. The van der Waals surface area contributed by atoms with Crippen molar-refractivity contribution < 1.29 is 8.78 Å². The van der Waals surface area contributed by atoms with Crippen LogP contribution in [0, 0.1) is 11.6 Å². The van der Waals surface area contributed by atoms with E-state index in [-0.39, 0.29) is 10.8 Å². The molecule has 0 bridgehead atoms. The molecule has 0 amide bonds. The number of anilines is 3. The molecule has 1 aromatic heterocycles. The zero-order chi connectivity index (χ0) is 13.3. The molecule has 7 heteroatoms. The molecule has 2 aromatic rings. The van der Waals surface area contributed by atoms with Crippen molar-refractivity contribution in [2.75, 3.05) is 11.1 Å². The van der Waals surface area contributed by atoms with Gasteiger partial charge < -0.3 is 11.1 Å². The highest BCUT2D eigenvalue weighted by Crippen LogP contribution is 2.32. The summed E-state index contributed by atoms with van der Waals surface area (Å²) in [7, 11) is 0. The molecule has 0 radical (unpaired) electrons. The van der Waals surface area contributed by atoms with E-state index in [1.807, 2.05) is 0 Å². The Bertz CT molecular complexity index is 605. The van der Waals surface area contributed by atoms with Gasteiger partial charge in [0.2, 0.25) is 0 Å². The predicted octanol–water partition coefficient (Wildman–Crippen LogP) is 3.99. The monoisotopic (exact) mass is 289 g/mol. The first-order chi connectivity index (χ1) is 8.49. The molecule has 94 valence electrons. The summed E-state index contributed by atoms with van der Waals surface area (Å²) in [6.07, 6.45) is 0. The highest BCUT2D eigenvalue weighted by atomic mass is 35.5. The van der Waals surface area contributed by atoms with Crippen LogP contribution in [-0.2, 0) is 0 Å². The lowest BCUT2D eigenvalue weighted by atomic mass is 10.3. The summed E-state index contributed by atoms with van der Waals surface area (Å²) in [5, 5.41) is 3.11. The van der Waals surface area contributed by atoms with Crippen molar-refractivity contribution in [3.63, 3.8) is 0 Å². The predicted molar refractivity (Wildman–Crippen MR) is 68.3 cm³/mol. The minimum atomic E-state index is -0.921. The lowest BCUT2D eigenvalue weighted by Gasteiger charge is -2.10. The van der Waals surface area contributed by atoms with E-state index in [9.17, 15) is 8.78 Å². The Morgan fingerprint density at radius 3 is 2.61 bits per heavy atom. The number of benzene rings is 1. The molecule has 0 spiro atoms. The smallest absolute Gasteiger partial charge is 0.169 e. The van der Waals surface area contributed by atoms with Crippen molar-refractivity contribution >= 4 is 40.5 Å². The SMILES string of the molecule is Nc1nc(Nc2cccc(Cl)c2Cl)c(F)cc1F. The van der Waals surface area contributed by atoms with Gasteiger partial charge in [-0.05, 0) is 12.1 Å². The Balaban J connectivity index is 2.40. The Morgan fingerprint density at radius 1 is 1.17 bits per heavy atom. The van der Waals surface area contributed by atoms with Gasteiger partial charge in [-0.15, -0.1) is 0 Å². The van der Waals surface area contributed by atoms with Gasteiger partial charge in [0.25, 0.3) is 0 Å². The van der Waals surface area contributed by atoms with E-state index in [0.29, 0.717) is 16.8 Å². The maximum atomic E-state index is 13.5. The van der Waals surface area contributed by atoms with E-state index in [0.717, 1.165) is 0 Å². The van der Waals surface area contributed by atoms with Crippen molar-refractivity contribution in [2.24, 2.45) is 0 Å².